The second kappa shape index (κ2) is 7.58. The first kappa shape index (κ1) is 14.4. The second-order valence-corrected chi connectivity index (χ2v) is 5.45. The molecular weight excluding hydrogens is 256 g/mol. The molecule has 0 spiro atoms. The van der Waals surface area contributed by atoms with Crippen molar-refractivity contribution in [2.45, 2.75) is 12.2 Å². The number of benzene rings is 1. The van der Waals surface area contributed by atoms with Crippen molar-refractivity contribution >= 4 is 35.0 Å². The number of hydrogen-bond donors (Lipinski definition) is 2. The molecule has 2 N–H and O–H groups in total. The summed E-state index contributed by atoms with van der Waals surface area (Å²) in [6, 6.07) is 7.12. The van der Waals surface area contributed by atoms with Gasteiger partial charge >= 0.3 is 0 Å². The van der Waals surface area contributed by atoms with Crippen LogP contribution in [0, 0.1) is 0 Å². The highest BCUT2D eigenvalue weighted by atomic mass is 35.5. The van der Waals surface area contributed by atoms with E-state index in [1.807, 2.05) is 6.07 Å². The first-order valence-electron chi connectivity index (χ1n) is 5.40. The summed E-state index contributed by atoms with van der Waals surface area (Å²) < 4.78 is 0. The molecule has 1 aromatic carbocycles. The summed E-state index contributed by atoms with van der Waals surface area (Å²) in [5.41, 5.74) is 0.724. The summed E-state index contributed by atoms with van der Waals surface area (Å²) in [6.45, 7) is 3.26. The van der Waals surface area contributed by atoms with E-state index in [1.165, 1.54) is 0 Å². The Hall–Kier alpha value is -0.710. The molecule has 1 unspecified atom stereocenters. The van der Waals surface area contributed by atoms with Crippen LogP contribution in [0.25, 0.3) is 0 Å². The van der Waals surface area contributed by atoms with E-state index in [0.717, 1.165) is 12.2 Å². The zero-order valence-electron chi connectivity index (χ0n) is 10.00. The maximum atomic E-state index is 11.6. The molecule has 0 aromatic heterocycles. The third-order valence-corrected chi connectivity index (χ3v) is 3.43. The third-order valence-electron chi connectivity index (χ3n) is 2.23. The molecule has 0 saturated heterocycles. The molecular formula is C12H17ClN2OS. The normalized spacial score (nSPS) is 12.2. The van der Waals surface area contributed by atoms with Crippen molar-refractivity contribution in [2.24, 2.45) is 0 Å². The van der Waals surface area contributed by atoms with Crippen molar-refractivity contribution in [1.82, 2.24) is 5.32 Å². The summed E-state index contributed by atoms with van der Waals surface area (Å²) >= 11 is 7.59. The van der Waals surface area contributed by atoms with Crippen LogP contribution in [0.3, 0.4) is 0 Å². The van der Waals surface area contributed by atoms with Crippen LogP contribution < -0.4 is 10.6 Å². The number of nitrogens with one attached hydrogen (secondary N) is 2. The Bertz CT molecular complexity index is 373. The molecule has 3 nitrogen and oxygen atoms in total. The van der Waals surface area contributed by atoms with E-state index >= 15 is 0 Å². The summed E-state index contributed by atoms with van der Waals surface area (Å²) in [5, 5.41) is 7.01. The maximum absolute atomic E-state index is 11.6. The van der Waals surface area contributed by atoms with Crippen LogP contribution >= 0.6 is 23.4 Å². The predicted octanol–water partition coefficient (Wildman–Crippen LogP) is 2.62. The lowest BCUT2D eigenvalue weighted by Crippen LogP contribution is -2.31. The van der Waals surface area contributed by atoms with Crippen LogP contribution in [0.15, 0.2) is 24.3 Å². The Morgan fingerprint density at radius 3 is 2.94 bits per heavy atom. The quantitative estimate of drug-likeness (QED) is 0.836. The third kappa shape index (κ3) is 5.96. The molecule has 17 heavy (non-hydrogen) atoms. The SMILES string of the molecule is CSC(C)CNCC(=O)Nc1cccc(Cl)c1. The van der Waals surface area contributed by atoms with Gasteiger partial charge in [0.2, 0.25) is 5.91 Å². The molecule has 94 valence electrons. The van der Waals surface area contributed by atoms with Crippen molar-refractivity contribution < 1.29 is 4.79 Å². The Balaban J connectivity index is 2.30. The fourth-order valence-corrected chi connectivity index (χ4v) is 1.72. The minimum atomic E-state index is -0.0550. The monoisotopic (exact) mass is 272 g/mol. The van der Waals surface area contributed by atoms with Gasteiger partial charge in [-0.05, 0) is 24.5 Å². The molecule has 0 fully saturated rings. The van der Waals surface area contributed by atoms with Crippen LogP contribution in [-0.2, 0) is 4.79 Å². The average Bonchev–Trinajstić information content (AvgIpc) is 2.28. The van der Waals surface area contributed by atoms with Crippen molar-refractivity contribution in [3.8, 4) is 0 Å². The minimum absolute atomic E-state index is 0.0550. The van der Waals surface area contributed by atoms with Crippen LogP contribution in [0.2, 0.25) is 5.02 Å². The largest absolute Gasteiger partial charge is 0.325 e. The van der Waals surface area contributed by atoms with Crippen molar-refractivity contribution in [2.75, 3.05) is 24.7 Å². The smallest absolute Gasteiger partial charge is 0.238 e. The van der Waals surface area contributed by atoms with E-state index < -0.39 is 0 Å². The van der Waals surface area contributed by atoms with Crippen molar-refractivity contribution in [3.63, 3.8) is 0 Å². The van der Waals surface area contributed by atoms with Gasteiger partial charge in [-0.2, -0.15) is 11.8 Å². The van der Waals surface area contributed by atoms with E-state index in [-0.39, 0.29) is 5.91 Å². The lowest BCUT2D eigenvalue weighted by atomic mass is 10.3. The fourth-order valence-electron chi connectivity index (χ4n) is 1.24. The van der Waals surface area contributed by atoms with Gasteiger partial charge < -0.3 is 10.6 Å². The highest BCUT2D eigenvalue weighted by Gasteiger charge is 2.03. The van der Waals surface area contributed by atoms with E-state index in [9.17, 15) is 4.79 Å². The van der Waals surface area contributed by atoms with Gasteiger partial charge in [-0.25, -0.2) is 0 Å². The van der Waals surface area contributed by atoms with Crippen LogP contribution in [0.5, 0.6) is 0 Å². The summed E-state index contributed by atoms with van der Waals surface area (Å²) in [5.74, 6) is -0.0550. The molecule has 1 rings (SSSR count). The molecule has 0 aliphatic rings. The van der Waals surface area contributed by atoms with Crippen LogP contribution in [0.4, 0.5) is 5.69 Å². The van der Waals surface area contributed by atoms with E-state index in [4.69, 9.17) is 11.6 Å². The van der Waals surface area contributed by atoms with Gasteiger partial charge in [0, 0.05) is 22.5 Å². The molecule has 1 amide bonds. The molecule has 0 aliphatic heterocycles. The molecule has 1 aromatic rings. The number of hydrogen-bond acceptors (Lipinski definition) is 3. The predicted molar refractivity (Wildman–Crippen MR) is 75.9 cm³/mol. The maximum Gasteiger partial charge on any atom is 0.238 e. The van der Waals surface area contributed by atoms with Gasteiger partial charge in [-0.3, -0.25) is 4.79 Å². The molecule has 5 heteroatoms. The molecule has 1 atom stereocenters. The summed E-state index contributed by atoms with van der Waals surface area (Å²) in [6.07, 6.45) is 2.05. The number of carbonyl (C=O) groups is 1. The van der Waals surface area contributed by atoms with Crippen molar-refractivity contribution in [3.05, 3.63) is 29.3 Å². The minimum Gasteiger partial charge on any atom is -0.325 e. The van der Waals surface area contributed by atoms with Gasteiger partial charge in [0.15, 0.2) is 0 Å². The van der Waals surface area contributed by atoms with E-state index in [1.54, 1.807) is 30.0 Å². The molecule has 0 heterocycles. The number of anilines is 1. The highest BCUT2D eigenvalue weighted by molar-refractivity contribution is 7.99. The van der Waals surface area contributed by atoms with Gasteiger partial charge in [-0.15, -0.1) is 0 Å². The van der Waals surface area contributed by atoms with Crippen molar-refractivity contribution in [1.29, 1.82) is 0 Å². The Morgan fingerprint density at radius 1 is 1.53 bits per heavy atom. The Morgan fingerprint density at radius 2 is 2.29 bits per heavy atom. The molecule has 0 radical (unpaired) electrons. The topological polar surface area (TPSA) is 41.1 Å². The standard InChI is InChI=1S/C12H17ClN2OS/c1-9(17-2)7-14-8-12(16)15-11-5-3-4-10(13)6-11/h3-6,9,14H,7-8H2,1-2H3,(H,15,16). The first-order valence-corrected chi connectivity index (χ1v) is 7.07. The van der Waals surface area contributed by atoms with Crippen LogP contribution in [0.1, 0.15) is 6.92 Å². The van der Waals surface area contributed by atoms with Gasteiger partial charge in [0.1, 0.15) is 0 Å². The summed E-state index contributed by atoms with van der Waals surface area (Å²) in [4.78, 5) is 11.6. The molecule has 0 aliphatic carbocycles. The lowest BCUT2D eigenvalue weighted by molar-refractivity contribution is -0.115. The molecule has 0 bridgehead atoms. The second-order valence-electron chi connectivity index (χ2n) is 3.74. The van der Waals surface area contributed by atoms with Gasteiger partial charge in [0.25, 0.3) is 0 Å². The zero-order chi connectivity index (χ0) is 12.7. The molecule has 0 saturated carbocycles. The van der Waals surface area contributed by atoms with Crippen LogP contribution in [-0.4, -0.2) is 30.5 Å². The number of thioether (sulfide) groups is 1. The number of carbonyl (C=O) groups excluding carboxylic acids is 1. The summed E-state index contributed by atoms with van der Waals surface area (Å²) in [7, 11) is 0. The van der Waals surface area contributed by atoms with Gasteiger partial charge in [-0.1, -0.05) is 24.6 Å². The number of amides is 1. The number of halogens is 1. The van der Waals surface area contributed by atoms with E-state index in [2.05, 4.69) is 23.8 Å². The average molecular weight is 273 g/mol. The van der Waals surface area contributed by atoms with Gasteiger partial charge in [0.05, 0.1) is 6.54 Å². The highest BCUT2D eigenvalue weighted by Crippen LogP contribution is 2.14. The zero-order valence-corrected chi connectivity index (χ0v) is 11.6. The fraction of sp³-hybridized carbons (Fsp3) is 0.417. The first-order chi connectivity index (χ1) is 8.11. The Kier molecular flexibility index (Phi) is 6.40. The van der Waals surface area contributed by atoms with E-state index in [0.29, 0.717) is 16.8 Å². The lowest BCUT2D eigenvalue weighted by Gasteiger charge is -2.10. The number of rotatable bonds is 6. The Labute approximate surface area is 111 Å².